The van der Waals surface area contributed by atoms with Crippen LogP contribution in [0.2, 0.25) is 0 Å². The lowest BCUT2D eigenvalue weighted by molar-refractivity contribution is -0.159. The predicted octanol–water partition coefficient (Wildman–Crippen LogP) is -0.341. The predicted molar refractivity (Wildman–Crippen MR) is 114 cm³/mol. The van der Waals surface area contributed by atoms with Gasteiger partial charge < -0.3 is 31.3 Å². The monoisotopic (exact) mass is 472 g/mol. The zero-order valence-corrected chi connectivity index (χ0v) is 18.6. The van der Waals surface area contributed by atoms with Crippen LogP contribution in [0.3, 0.4) is 0 Å². The maximum Gasteiger partial charge on any atom is 0.255 e. The molecule has 3 aliphatic rings. The number of ketones is 2. The van der Waals surface area contributed by atoms with Gasteiger partial charge in [-0.2, -0.15) is 0 Å². The van der Waals surface area contributed by atoms with Gasteiger partial charge in [-0.1, -0.05) is 12.1 Å². The Kier molecular flexibility index (Phi) is 5.78. The standard InChI is InChI=1S/C22H24N2O8.N2/c1-21(31)8-5-4-6-11(25)12(8)16(26)13-9(21)7-10-15(24(2)3)17(27)14(20(23)30)19(29)22(10,32)18(13)28;1-2/h4-6,9-10,15,25-26,29,31-32H,7H2,1-3H3,(H2,23,30);/t9-,10-,15-,21+,22-;/m0./s1. The fourth-order valence-corrected chi connectivity index (χ4v) is 5.50. The number of nitrogens with two attached hydrogens (primary N) is 1. The van der Waals surface area contributed by atoms with Gasteiger partial charge in [0.25, 0.3) is 5.91 Å². The number of primary amides is 1. The maximum atomic E-state index is 13.7. The highest BCUT2D eigenvalue weighted by Crippen LogP contribution is 2.57. The van der Waals surface area contributed by atoms with Crippen LogP contribution in [0.15, 0.2) is 35.1 Å². The third-order valence-electron chi connectivity index (χ3n) is 7.02. The molecule has 1 aromatic rings. The van der Waals surface area contributed by atoms with Crippen molar-refractivity contribution >= 4 is 23.2 Å². The first kappa shape index (κ1) is 24.8. The fraction of sp³-hybridized carbons (Fsp3) is 0.409. The Bertz CT molecular complexity index is 1200. The van der Waals surface area contributed by atoms with Crippen LogP contribution in [-0.4, -0.2) is 73.6 Å². The number of hydrogen-bond acceptors (Lipinski definition) is 11. The molecule has 1 amide bonds. The molecule has 3 aliphatic carbocycles. The molecule has 4 rings (SSSR count). The molecule has 0 heterocycles. The number of likely N-dealkylation sites (N-methyl/N-ethyl adjacent to an activating group) is 1. The van der Waals surface area contributed by atoms with E-state index in [2.05, 4.69) is 0 Å². The molecule has 0 spiro atoms. The molecule has 0 aliphatic heterocycles. The Morgan fingerprint density at radius 1 is 1.15 bits per heavy atom. The molecule has 12 nitrogen and oxygen atoms in total. The molecule has 0 unspecified atom stereocenters. The van der Waals surface area contributed by atoms with Crippen LogP contribution in [-0.2, 0) is 20.0 Å². The topological polar surface area (TPSA) is 229 Å². The lowest BCUT2D eigenvalue weighted by Gasteiger charge is -2.53. The maximum absolute atomic E-state index is 13.7. The average molecular weight is 472 g/mol. The van der Waals surface area contributed by atoms with Crippen LogP contribution in [0.4, 0.5) is 0 Å². The molecule has 1 fully saturated rings. The molecular formula is C22H24N4O8. The third-order valence-corrected chi connectivity index (χ3v) is 7.02. The van der Waals surface area contributed by atoms with Crippen molar-refractivity contribution in [2.45, 2.75) is 30.6 Å². The lowest BCUT2D eigenvalue weighted by Crippen LogP contribution is -2.67. The molecule has 180 valence electrons. The van der Waals surface area contributed by atoms with Gasteiger partial charge in [0, 0.05) is 28.2 Å². The van der Waals surface area contributed by atoms with Crippen LogP contribution in [0.25, 0.3) is 5.76 Å². The van der Waals surface area contributed by atoms with Gasteiger partial charge in [0.15, 0.2) is 11.4 Å². The van der Waals surface area contributed by atoms with Crippen molar-refractivity contribution in [2.24, 2.45) is 17.6 Å². The number of rotatable bonds is 2. The van der Waals surface area contributed by atoms with Crippen molar-refractivity contribution in [3.8, 4) is 5.75 Å². The van der Waals surface area contributed by atoms with Gasteiger partial charge in [-0.05, 0) is 39.1 Å². The van der Waals surface area contributed by atoms with E-state index in [0.29, 0.717) is 0 Å². The first-order chi connectivity index (χ1) is 15.8. The summed E-state index contributed by atoms with van der Waals surface area (Å²) in [5.74, 6) is -7.90. The second-order valence-corrected chi connectivity index (χ2v) is 8.96. The van der Waals surface area contributed by atoms with Crippen molar-refractivity contribution in [1.82, 2.24) is 4.90 Å². The van der Waals surface area contributed by atoms with Crippen LogP contribution >= 0.6 is 0 Å². The van der Waals surface area contributed by atoms with Gasteiger partial charge in [-0.25, -0.2) is 0 Å². The van der Waals surface area contributed by atoms with E-state index < -0.39 is 75.0 Å². The van der Waals surface area contributed by atoms with Gasteiger partial charge in [0.2, 0.25) is 5.78 Å². The number of hydrogen-bond donors (Lipinski definition) is 6. The molecule has 34 heavy (non-hydrogen) atoms. The van der Waals surface area contributed by atoms with E-state index in [9.17, 15) is 39.9 Å². The summed E-state index contributed by atoms with van der Waals surface area (Å²) in [4.78, 5) is 40.0. The Balaban J connectivity index is 0.00000158. The van der Waals surface area contributed by atoms with Crippen LogP contribution < -0.4 is 5.73 Å². The first-order valence-electron chi connectivity index (χ1n) is 10.2. The Hall–Kier alpha value is -3.79. The summed E-state index contributed by atoms with van der Waals surface area (Å²) in [6.07, 6.45) is -0.200. The normalized spacial score (nSPS) is 32.4. The molecule has 1 saturated carbocycles. The van der Waals surface area contributed by atoms with Crippen molar-refractivity contribution in [1.29, 1.82) is 10.8 Å². The van der Waals surface area contributed by atoms with Gasteiger partial charge >= 0.3 is 0 Å². The molecule has 0 bridgehead atoms. The smallest absolute Gasteiger partial charge is 0.255 e. The van der Waals surface area contributed by atoms with Crippen LogP contribution in [0.1, 0.15) is 24.5 Å². The van der Waals surface area contributed by atoms with E-state index in [0.717, 1.165) is 0 Å². The number of aliphatic hydroxyl groups is 4. The highest BCUT2D eigenvalue weighted by atomic mass is 16.3. The molecular weight excluding hydrogens is 448 g/mol. The van der Waals surface area contributed by atoms with E-state index in [4.69, 9.17) is 16.5 Å². The van der Waals surface area contributed by atoms with E-state index in [1.807, 2.05) is 0 Å². The average Bonchev–Trinajstić information content (AvgIpc) is 2.75. The van der Waals surface area contributed by atoms with Crippen LogP contribution in [0.5, 0.6) is 5.75 Å². The summed E-state index contributed by atoms with van der Waals surface area (Å²) in [5.41, 5.74) is -0.548. The number of carbonyl (C=O) groups excluding carboxylic acids is 3. The summed E-state index contributed by atoms with van der Waals surface area (Å²) < 4.78 is 0. The van der Waals surface area contributed by atoms with Crippen LogP contribution in [0, 0.1) is 22.6 Å². The number of fused-ring (bicyclic) bond motifs is 3. The Morgan fingerprint density at radius 2 is 1.74 bits per heavy atom. The molecule has 12 heteroatoms. The first-order valence-corrected chi connectivity index (χ1v) is 10.2. The number of carbonyl (C=O) groups is 3. The Labute approximate surface area is 193 Å². The molecule has 1 aromatic carbocycles. The summed E-state index contributed by atoms with van der Waals surface area (Å²) >= 11 is 0. The third kappa shape index (κ3) is 2.95. The zero-order valence-electron chi connectivity index (χ0n) is 18.6. The summed E-state index contributed by atoms with van der Waals surface area (Å²) in [5, 5.41) is 66.9. The highest BCUT2D eigenvalue weighted by molar-refractivity contribution is 6.24. The van der Waals surface area contributed by atoms with E-state index in [-0.39, 0.29) is 17.5 Å². The minimum Gasteiger partial charge on any atom is -0.508 e. The second kappa shape index (κ2) is 7.91. The number of aromatic hydroxyl groups is 1. The molecule has 7 N–H and O–H groups in total. The SMILES string of the molecule is CN(C)[C@@H]1C(=O)C(C(N)=O)=C(O)[C@@]2(O)C(=O)C3=C(O)c4c(O)cccc4[C@@](C)(O)[C@H]3C[C@@H]12.N#N. The number of amides is 1. The number of phenolic OH excluding ortho intramolecular Hbond substituents is 1. The van der Waals surface area contributed by atoms with Gasteiger partial charge in [-0.15, -0.1) is 0 Å². The minimum absolute atomic E-state index is 0.170. The molecule has 0 aromatic heterocycles. The zero-order chi connectivity index (χ0) is 25.9. The number of benzene rings is 1. The minimum atomic E-state index is -2.75. The molecule has 0 radical (unpaired) electrons. The van der Waals surface area contributed by atoms with Gasteiger partial charge in [-0.3, -0.25) is 19.3 Å². The lowest BCUT2D eigenvalue weighted by atomic mass is 9.54. The van der Waals surface area contributed by atoms with Gasteiger partial charge in [0.05, 0.1) is 17.2 Å². The van der Waals surface area contributed by atoms with Crippen molar-refractivity contribution in [2.75, 3.05) is 14.1 Å². The highest BCUT2D eigenvalue weighted by Gasteiger charge is 2.66. The Morgan fingerprint density at radius 3 is 2.26 bits per heavy atom. The summed E-state index contributed by atoms with van der Waals surface area (Å²) in [6.45, 7) is 1.40. The van der Waals surface area contributed by atoms with E-state index in [1.165, 1.54) is 44.1 Å². The number of aliphatic hydroxyl groups excluding tert-OH is 2. The quantitative estimate of drug-likeness (QED) is 0.241. The van der Waals surface area contributed by atoms with E-state index in [1.54, 1.807) is 0 Å². The van der Waals surface area contributed by atoms with Crippen molar-refractivity contribution in [3.05, 3.63) is 46.2 Å². The second-order valence-electron chi connectivity index (χ2n) is 8.96. The summed E-state index contributed by atoms with van der Waals surface area (Å²) in [6, 6.07) is 3.02. The fourth-order valence-electron chi connectivity index (χ4n) is 5.50. The van der Waals surface area contributed by atoms with Gasteiger partial charge in [0.1, 0.15) is 22.8 Å². The van der Waals surface area contributed by atoms with E-state index >= 15 is 0 Å². The summed E-state index contributed by atoms with van der Waals surface area (Å²) in [7, 11) is 3.01. The number of phenols is 1. The molecule has 5 atom stereocenters. The number of Topliss-reactive ketones (excluding diaryl/α,β-unsaturated/α-hetero) is 2. The van der Waals surface area contributed by atoms with Crippen molar-refractivity contribution in [3.63, 3.8) is 0 Å². The molecule has 0 saturated heterocycles. The number of nitrogens with zero attached hydrogens (tertiary/aromatic N) is 3. The largest absolute Gasteiger partial charge is 0.508 e. The van der Waals surface area contributed by atoms with Crippen molar-refractivity contribution < 1.29 is 39.9 Å².